The van der Waals surface area contributed by atoms with Crippen LogP contribution in [0.15, 0.2) is 42.5 Å². The van der Waals surface area contributed by atoms with E-state index in [-0.39, 0.29) is 17.5 Å². The average Bonchev–Trinajstić information content (AvgIpc) is 3.22. The number of hydrogen-bond donors (Lipinski definition) is 1. The quantitative estimate of drug-likeness (QED) is 0.865. The van der Waals surface area contributed by atoms with E-state index in [0.717, 1.165) is 37.2 Å². The second-order valence-corrected chi connectivity index (χ2v) is 6.26. The van der Waals surface area contributed by atoms with Crippen LogP contribution in [0.3, 0.4) is 0 Å². The van der Waals surface area contributed by atoms with Crippen molar-refractivity contribution >= 4 is 11.8 Å². The highest BCUT2D eigenvalue weighted by Gasteiger charge is 2.21. The Hall–Kier alpha value is -2.89. The zero-order chi connectivity index (χ0) is 18.4. The van der Waals surface area contributed by atoms with Crippen molar-refractivity contribution in [3.63, 3.8) is 0 Å². The lowest BCUT2D eigenvalue weighted by atomic mass is 10.1. The van der Waals surface area contributed by atoms with Crippen molar-refractivity contribution < 1.29 is 14.3 Å². The van der Waals surface area contributed by atoms with Crippen molar-refractivity contribution in [2.45, 2.75) is 19.3 Å². The SMILES string of the molecule is COc1cccc(CCNC(=O)c2cccc(C(=O)N3CCCC3)n2)c1. The molecule has 1 N–H and O–H groups in total. The number of nitrogens with zero attached hydrogens (tertiary/aromatic N) is 2. The molecule has 6 heteroatoms. The fourth-order valence-corrected chi connectivity index (χ4v) is 3.00. The molecule has 6 nitrogen and oxygen atoms in total. The number of aromatic nitrogens is 1. The molecule has 2 aromatic rings. The standard InChI is InChI=1S/C20H23N3O3/c1-26-16-7-4-6-15(14-16)10-11-21-19(24)17-8-5-9-18(22-17)20(25)23-12-2-3-13-23/h4-9,14H,2-3,10-13H2,1H3,(H,21,24). The maximum atomic E-state index is 12.4. The van der Waals surface area contributed by atoms with Gasteiger partial charge in [0, 0.05) is 19.6 Å². The van der Waals surface area contributed by atoms with E-state index in [1.807, 2.05) is 24.3 Å². The summed E-state index contributed by atoms with van der Waals surface area (Å²) in [6, 6.07) is 12.7. The van der Waals surface area contributed by atoms with Crippen molar-refractivity contribution in [3.05, 3.63) is 59.4 Å². The first-order chi connectivity index (χ1) is 12.7. The minimum atomic E-state index is -0.274. The van der Waals surface area contributed by atoms with Gasteiger partial charge in [0.15, 0.2) is 0 Å². The lowest BCUT2D eigenvalue weighted by molar-refractivity contribution is 0.0787. The molecule has 1 aromatic heterocycles. The third kappa shape index (κ3) is 4.39. The van der Waals surface area contributed by atoms with Crippen LogP contribution >= 0.6 is 0 Å². The van der Waals surface area contributed by atoms with Crippen molar-refractivity contribution in [1.29, 1.82) is 0 Å². The number of amides is 2. The molecule has 2 heterocycles. The summed E-state index contributed by atoms with van der Waals surface area (Å²) in [7, 11) is 1.63. The van der Waals surface area contributed by atoms with Gasteiger partial charge in [-0.05, 0) is 49.1 Å². The minimum absolute atomic E-state index is 0.103. The predicted molar refractivity (Wildman–Crippen MR) is 98.4 cm³/mol. The molecule has 1 fully saturated rings. The van der Waals surface area contributed by atoms with Crippen LogP contribution in [0, 0.1) is 0 Å². The first-order valence-electron chi connectivity index (χ1n) is 8.85. The third-order valence-corrected chi connectivity index (χ3v) is 4.43. The second kappa shape index (κ2) is 8.47. The number of benzene rings is 1. The van der Waals surface area contributed by atoms with Crippen molar-refractivity contribution in [3.8, 4) is 5.75 Å². The van der Waals surface area contributed by atoms with Gasteiger partial charge in [-0.25, -0.2) is 4.98 Å². The highest BCUT2D eigenvalue weighted by molar-refractivity contribution is 5.96. The maximum absolute atomic E-state index is 12.4. The number of likely N-dealkylation sites (tertiary alicyclic amines) is 1. The van der Waals surface area contributed by atoms with Gasteiger partial charge in [0.2, 0.25) is 0 Å². The maximum Gasteiger partial charge on any atom is 0.272 e. The molecule has 0 radical (unpaired) electrons. The number of nitrogens with one attached hydrogen (secondary N) is 1. The molecule has 1 saturated heterocycles. The molecule has 26 heavy (non-hydrogen) atoms. The van der Waals surface area contributed by atoms with Gasteiger partial charge in [0.05, 0.1) is 7.11 Å². The molecule has 0 bridgehead atoms. The highest BCUT2D eigenvalue weighted by atomic mass is 16.5. The molecule has 1 aromatic carbocycles. The van der Waals surface area contributed by atoms with Gasteiger partial charge >= 0.3 is 0 Å². The lowest BCUT2D eigenvalue weighted by Crippen LogP contribution is -2.30. The molecule has 1 aliphatic rings. The molecular weight excluding hydrogens is 330 g/mol. The molecule has 0 unspecified atom stereocenters. The van der Waals surface area contributed by atoms with Crippen LogP contribution in [0.2, 0.25) is 0 Å². The Balaban J connectivity index is 1.57. The van der Waals surface area contributed by atoms with Gasteiger partial charge in [-0.1, -0.05) is 18.2 Å². The van der Waals surface area contributed by atoms with E-state index in [1.54, 1.807) is 30.2 Å². The summed E-state index contributed by atoms with van der Waals surface area (Å²) in [6.45, 7) is 2.01. The Labute approximate surface area is 153 Å². The zero-order valence-electron chi connectivity index (χ0n) is 14.9. The van der Waals surface area contributed by atoms with Crippen molar-refractivity contribution in [2.75, 3.05) is 26.7 Å². The first-order valence-corrected chi connectivity index (χ1v) is 8.85. The number of rotatable bonds is 6. The van der Waals surface area contributed by atoms with Crippen LogP contribution in [0.25, 0.3) is 0 Å². The third-order valence-electron chi connectivity index (χ3n) is 4.43. The molecule has 0 spiro atoms. The molecule has 0 saturated carbocycles. The summed E-state index contributed by atoms with van der Waals surface area (Å²) in [5, 5.41) is 2.85. The van der Waals surface area contributed by atoms with Gasteiger partial charge < -0.3 is 15.0 Å². The average molecular weight is 353 g/mol. The van der Waals surface area contributed by atoms with Crippen LogP contribution in [-0.2, 0) is 6.42 Å². The van der Waals surface area contributed by atoms with Gasteiger partial charge in [-0.2, -0.15) is 0 Å². The summed E-state index contributed by atoms with van der Waals surface area (Å²) in [4.78, 5) is 30.8. The minimum Gasteiger partial charge on any atom is -0.497 e. The number of ether oxygens (including phenoxy) is 1. The van der Waals surface area contributed by atoms with E-state index >= 15 is 0 Å². The number of pyridine rings is 1. The molecular formula is C20H23N3O3. The van der Waals surface area contributed by atoms with E-state index in [1.165, 1.54) is 0 Å². The van der Waals surface area contributed by atoms with Crippen LogP contribution < -0.4 is 10.1 Å². The first kappa shape index (κ1) is 17.9. The Morgan fingerprint density at radius 1 is 1.12 bits per heavy atom. The highest BCUT2D eigenvalue weighted by Crippen LogP contribution is 2.13. The van der Waals surface area contributed by atoms with Gasteiger partial charge in [0.25, 0.3) is 11.8 Å². The number of methoxy groups -OCH3 is 1. The van der Waals surface area contributed by atoms with Crippen molar-refractivity contribution in [2.24, 2.45) is 0 Å². The smallest absolute Gasteiger partial charge is 0.272 e. The van der Waals surface area contributed by atoms with E-state index in [2.05, 4.69) is 10.3 Å². The normalized spacial score (nSPS) is 13.5. The topological polar surface area (TPSA) is 71.5 Å². The molecule has 1 aliphatic heterocycles. The van der Waals surface area contributed by atoms with E-state index in [0.29, 0.717) is 18.7 Å². The van der Waals surface area contributed by atoms with Gasteiger partial charge in [-0.15, -0.1) is 0 Å². The van der Waals surface area contributed by atoms with Crippen LogP contribution in [0.5, 0.6) is 5.75 Å². The zero-order valence-corrected chi connectivity index (χ0v) is 14.9. The second-order valence-electron chi connectivity index (χ2n) is 6.26. The largest absolute Gasteiger partial charge is 0.497 e. The van der Waals surface area contributed by atoms with E-state index < -0.39 is 0 Å². The molecule has 3 rings (SSSR count). The summed E-state index contributed by atoms with van der Waals surface area (Å²) in [5.41, 5.74) is 1.67. The number of carbonyl (C=O) groups excluding carboxylic acids is 2. The summed E-state index contributed by atoms with van der Waals surface area (Å²) >= 11 is 0. The Morgan fingerprint density at radius 3 is 2.62 bits per heavy atom. The molecule has 2 amide bonds. The molecule has 136 valence electrons. The summed E-state index contributed by atoms with van der Waals surface area (Å²) < 4.78 is 5.20. The van der Waals surface area contributed by atoms with Crippen LogP contribution in [0.4, 0.5) is 0 Å². The monoisotopic (exact) mass is 353 g/mol. The fraction of sp³-hybridized carbons (Fsp3) is 0.350. The van der Waals surface area contributed by atoms with Gasteiger partial charge in [0.1, 0.15) is 17.1 Å². The fourth-order valence-electron chi connectivity index (χ4n) is 3.00. The molecule has 0 atom stereocenters. The van der Waals surface area contributed by atoms with Gasteiger partial charge in [-0.3, -0.25) is 9.59 Å². The van der Waals surface area contributed by atoms with Crippen molar-refractivity contribution in [1.82, 2.24) is 15.2 Å². The Kier molecular flexibility index (Phi) is 5.84. The predicted octanol–water partition coefficient (Wildman–Crippen LogP) is 2.30. The van der Waals surface area contributed by atoms with Crippen LogP contribution in [0.1, 0.15) is 39.4 Å². The Bertz CT molecular complexity index is 785. The van der Waals surface area contributed by atoms with E-state index in [4.69, 9.17) is 4.74 Å². The lowest BCUT2D eigenvalue weighted by Gasteiger charge is -2.14. The van der Waals surface area contributed by atoms with E-state index in [9.17, 15) is 9.59 Å². The number of hydrogen-bond acceptors (Lipinski definition) is 4. The Morgan fingerprint density at radius 2 is 1.85 bits per heavy atom. The molecule has 0 aliphatic carbocycles. The summed E-state index contributed by atoms with van der Waals surface area (Å²) in [6.07, 6.45) is 2.74. The summed E-state index contributed by atoms with van der Waals surface area (Å²) in [5.74, 6) is 0.418. The van der Waals surface area contributed by atoms with Crippen LogP contribution in [-0.4, -0.2) is 48.4 Å². The number of carbonyl (C=O) groups is 2.